The summed E-state index contributed by atoms with van der Waals surface area (Å²) in [4.78, 5) is 11.3. The minimum atomic E-state index is -0.472. The number of nitrogens with zero attached hydrogens (tertiary/aromatic N) is 2. The molecule has 0 radical (unpaired) electrons. The fourth-order valence-corrected chi connectivity index (χ4v) is 1.57. The molecule has 2 heterocycles. The number of furan rings is 1. The second-order valence-corrected chi connectivity index (χ2v) is 3.81. The first-order chi connectivity index (χ1) is 8.11. The van der Waals surface area contributed by atoms with Crippen LogP contribution < -0.4 is 0 Å². The van der Waals surface area contributed by atoms with Crippen LogP contribution in [0.3, 0.4) is 0 Å². The Balaban J connectivity index is 2.23. The van der Waals surface area contributed by atoms with E-state index in [-0.39, 0.29) is 11.8 Å². The molecule has 2 rings (SSSR count). The third kappa shape index (κ3) is 2.22. The lowest BCUT2D eigenvalue weighted by molar-refractivity contribution is 0.0562. The van der Waals surface area contributed by atoms with Crippen molar-refractivity contribution in [3.05, 3.63) is 41.6 Å². The first kappa shape index (κ1) is 11.4. The van der Waals surface area contributed by atoms with Gasteiger partial charge in [-0.25, -0.2) is 4.79 Å². The first-order valence-electron chi connectivity index (χ1n) is 5.31. The predicted octanol–water partition coefficient (Wildman–Crippen LogP) is 2.18. The Morgan fingerprint density at radius 2 is 2.24 bits per heavy atom. The van der Waals surface area contributed by atoms with E-state index in [0.29, 0.717) is 5.76 Å². The number of ether oxygens (including phenoxy) is 1. The van der Waals surface area contributed by atoms with Crippen molar-refractivity contribution in [2.75, 3.05) is 7.11 Å². The van der Waals surface area contributed by atoms with E-state index in [4.69, 9.17) is 4.42 Å². The van der Waals surface area contributed by atoms with Gasteiger partial charge < -0.3 is 9.15 Å². The molecule has 0 amide bonds. The Hall–Kier alpha value is -2.04. The average Bonchev–Trinajstić information content (AvgIpc) is 2.95. The summed E-state index contributed by atoms with van der Waals surface area (Å²) in [7, 11) is 1.32. The zero-order valence-corrected chi connectivity index (χ0v) is 10.0. The third-order valence-corrected chi connectivity index (χ3v) is 2.56. The number of esters is 1. The van der Waals surface area contributed by atoms with Gasteiger partial charge in [-0.2, -0.15) is 5.10 Å². The Bertz CT molecular complexity index is 527. The quantitative estimate of drug-likeness (QED) is 0.764. The van der Waals surface area contributed by atoms with E-state index in [1.54, 1.807) is 16.8 Å². The molecular formula is C12H14N2O3. The molecule has 5 nitrogen and oxygen atoms in total. The van der Waals surface area contributed by atoms with Gasteiger partial charge in [-0.15, -0.1) is 0 Å². The molecule has 0 aromatic carbocycles. The Labute approximate surface area is 99.0 Å². The molecule has 0 aliphatic rings. The van der Waals surface area contributed by atoms with Crippen molar-refractivity contribution in [1.82, 2.24) is 9.78 Å². The Kier molecular flexibility index (Phi) is 2.99. The van der Waals surface area contributed by atoms with E-state index in [0.717, 1.165) is 5.69 Å². The van der Waals surface area contributed by atoms with Gasteiger partial charge in [-0.05, 0) is 32.0 Å². The molecule has 17 heavy (non-hydrogen) atoms. The topological polar surface area (TPSA) is 57.3 Å². The molecular weight excluding hydrogens is 220 g/mol. The lowest BCUT2D eigenvalue weighted by atomic mass is 10.2. The summed E-state index contributed by atoms with van der Waals surface area (Å²) in [5, 5.41) is 4.30. The number of hydrogen-bond acceptors (Lipinski definition) is 4. The summed E-state index contributed by atoms with van der Waals surface area (Å²) >= 11 is 0. The van der Waals surface area contributed by atoms with Crippen molar-refractivity contribution in [1.29, 1.82) is 0 Å². The van der Waals surface area contributed by atoms with Crippen LogP contribution in [0.1, 0.15) is 35.0 Å². The molecule has 0 N–H and O–H groups in total. The molecule has 0 fully saturated rings. The van der Waals surface area contributed by atoms with E-state index in [2.05, 4.69) is 9.84 Å². The van der Waals surface area contributed by atoms with Gasteiger partial charge >= 0.3 is 5.97 Å². The zero-order valence-electron chi connectivity index (χ0n) is 10.0. The minimum absolute atomic E-state index is 0.0536. The Morgan fingerprint density at radius 3 is 2.82 bits per heavy atom. The van der Waals surface area contributed by atoms with Gasteiger partial charge in [0, 0.05) is 6.20 Å². The highest BCUT2D eigenvalue weighted by Crippen LogP contribution is 2.20. The monoisotopic (exact) mass is 234 g/mol. The second kappa shape index (κ2) is 4.45. The smallest absolute Gasteiger partial charge is 0.373 e. The highest BCUT2D eigenvalue weighted by atomic mass is 16.5. The SMILES string of the molecule is COC(=O)c1ccc(C(C)n2ccc(C)n2)o1. The molecule has 90 valence electrons. The van der Waals surface area contributed by atoms with Gasteiger partial charge in [-0.1, -0.05) is 0 Å². The fourth-order valence-electron chi connectivity index (χ4n) is 1.57. The first-order valence-corrected chi connectivity index (χ1v) is 5.31. The number of carbonyl (C=O) groups excluding carboxylic acids is 1. The van der Waals surface area contributed by atoms with Crippen LogP contribution >= 0.6 is 0 Å². The molecule has 0 aliphatic carbocycles. The van der Waals surface area contributed by atoms with Crippen LogP contribution in [0.5, 0.6) is 0 Å². The van der Waals surface area contributed by atoms with Crippen molar-refractivity contribution < 1.29 is 13.9 Å². The maximum absolute atomic E-state index is 11.3. The average molecular weight is 234 g/mol. The van der Waals surface area contributed by atoms with Crippen LogP contribution in [0, 0.1) is 6.92 Å². The summed E-state index contributed by atoms with van der Waals surface area (Å²) < 4.78 is 11.8. The molecule has 1 atom stereocenters. The van der Waals surface area contributed by atoms with Crippen LogP contribution in [0.25, 0.3) is 0 Å². The largest absolute Gasteiger partial charge is 0.463 e. The van der Waals surface area contributed by atoms with Crippen molar-refractivity contribution >= 4 is 5.97 Å². The third-order valence-electron chi connectivity index (χ3n) is 2.56. The molecule has 2 aromatic rings. The Morgan fingerprint density at radius 1 is 1.47 bits per heavy atom. The van der Waals surface area contributed by atoms with E-state index in [1.165, 1.54) is 7.11 Å². The van der Waals surface area contributed by atoms with E-state index >= 15 is 0 Å². The van der Waals surface area contributed by atoms with Gasteiger partial charge in [0.25, 0.3) is 0 Å². The molecule has 1 unspecified atom stereocenters. The van der Waals surface area contributed by atoms with Gasteiger partial charge in [0.2, 0.25) is 5.76 Å². The number of aryl methyl sites for hydroxylation is 1. The zero-order chi connectivity index (χ0) is 12.4. The van der Waals surface area contributed by atoms with Gasteiger partial charge in [0.1, 0.15) is 11.8 Å². The van der Waals surface area contributed by atoms with Crippen molar-refractivity contribution in [3.8, 4) is 0 Å². The number of hydrogen-bond donors (Lipinski definition) is 0. The number of rotatable bonds is 3. The van der Waals surface area contributed by atoms with E-state index in [9.17, 15) is 4.79 Å². The molecule has 0 saturated carbocycles. The van der Waals surface area contributed by atoms with Gasteiger partial charge in [0.05, 0.1) is 12.8 Å². The number of carbonyl (C=O) groups is 1. The number of methoxy groups -OCH3 is 1. The van der Waals surface area contributed by atoms with Gasteiger partial charge in [-0.3, -0.25) is 4.68 Å². The number of aromatic nitrogens is 2. The molecule has 5 heteroatoms. The van der Waals surface area contributed by atoms with Crippen LogP contribution in [-0.2, 0) is 4.74 Å². The summed E-state index contributed by atoms with van der Waals surface area (Å²) in [6, 6.07) is 5.23. The predicted molar refractivity (Wildman–Crippen MR) is 60.8 cm³/mol. The van der Waals surface area contributed by atoms with Crippen LogP contribution in [0.15, 0.2) is 28.8 Å². The van der Waals surface area contributed by atoms with Crippen LogP contribution in [-0.4, -0.2) is 22.9 Å². The maximum Gasteiger partial charge on any atom is 0.373 e. The maximum atomic E-state index is 11.3. The van der Waals surface area contributed by atoms with Crippen molar-refractivity contribution in [2.45, 2.75) is 19.9 Å². The summed E-state index contributed by atoms with van der Waals surface area (Å²) in [5.41, 5.74) is 0.941. The molecule has 0 aliphatic heterocycles. The van der Waals surface area contributed by atoms with E-state index in [1.807, 2.05) is 26.1 Å². The van der Waals surface area contributed by atoms with Gasteiger partial charge in [0.15, 0.2) is 0 Å². The van der Waals surface area contributed by atoms with Crippen molar-refractivity contribution in [3.63, 3.8) is 0 Å². The van der Waals surface area contributed by atoms with E-state index < -0.39 is 5.97 Å². The van der Waals surface area contributed by atoms with Crippen molar-refractivity contribution in [2.24, 2.45) is 0 Å². The molecule has 0 bridgehead atoms. The molecule has 0 spiro atoms. The standard InChI is InChI=1S/C12H14N2O3/c1-8-6-7-14(13-8)9(2)10-4-5-11(17-10)12(15)16-3/h4-7,9H,1-3H3. The fraction of sp³-hybridized carbons (Fsp3) is 0.333. The normalized spacial score (nSPS) is 12.4. The second-order valence-electron chi connectivity index (χ2n) is 3.81. The highest BCUT2D eigenvalue weighted by Gasteiger charge is 2.16. The molecule has 0 saturated heterocycles. The summed E-state index contributed by atoms with van der Waals surface area (Å²) in [5.74, 6) is 0.409. The summed E-state index contributed by atoms with van der Waals surface area (Å²) in [6.07, 6.45) is 1.88. The lowest BCUT2D eigenvalue weighted by Gasteiger charge is -2.08. The lowest BCUT2D eigenvalue weighted by Crippen LogP contribution is -2.06. The highest BCUT2D eigenvalue weighted by molar-refractivity contribution is 5.86. The van der Waals surface area contributed by atoms with Crippen LogP contribution in [0.4, 0.5) is 0 Å². The molecule has 2 aromatic heterocycles. The minimum Gasteiger partial charge on any atom is -0.463 e. The summed E-state index contributed by atoms with van der Waals surface area (Å²) in [6.45, 7) is 3.87. The van der Waals surface area contributed by atoms with Crippen LogP contribution in [0.2, 0.25) is 0 Å².